The number of nitrogens with two attached hydrogens (primary N) is 1. The molecule has 1 unspecified atom stereocenters. The molecule has 0 aliphatic heterocycles. The van der Waals surface area contributed by atoms with Gasteiger partial charge in [0.25, 0.3) is 0 Å². The summed E-state index contributed by atoms with van der Waals surface area (Å²) < 4.78 is 2.46. The van der Waals surface area contributed by atoms with Crippen molar-refractivity contribution in [3.05, 3.63) is 63.9 Å². The highest BCUT2D eigenvalue weighted by molar-refractivity contribution is 9.10. The summed E-state index contributed by atoms with van der Waals surface area (Å²) in [4.78, 5) is 1.26. The molecule has 1 aromatic heterocycles. The second-order valence-electron chi connectivity index (χ2n) is 4.99. The van der Waals surface area contributed by atoms with E-state index >= 15 is 0 Å². The molecule has 3 rings (SSSR count). The number of fused-ring (bicyclic) bond motifs is 1. The molecule has 0 saturated heterocycles. The van der Waals surface area contributed by atoms with Gasteiger partial charge in [0.2, 0.25) is 0 Å². The van der Waals surface area contributed by atoms with Crippen molar-refractivity contribution in [3.8, 4) is 0 Å². The molecule has 108 valence electrons. The maximum Gasteiger partial charge on any atom is 0.0345 e. The topological polar surface area (TPSA) is 26.0 Å². The number of halogens is 1. The molecule has 2 aromatic carbocycles. The Labute approximate surface area is 141 Å². The van der Waals surface area contributed by atoms with Crippen LogP contribution in [0.4, 0.5) is 0 Å². The van der Waals surface area contributed by atoms with Crippen molar-refractivity contribution in [2.75, 3.05) is 5.75 Å². The van der Waals surface area contributed by atoms with Crippen molar-refractivity contribution < 1.29 is 0 Å². The van der Waals surface area contributed by atoms with E-state index in [1.54, 1.807) is 11.3 Å². The highest BCUT2D eigenvalue weighted by Gasteiger charge is 2.09. The van der Waals surface area contributed by atoms with Crippen molar-refractivity contribution in [3.63, 3.8) is 0 Å². The molecule has 1 nitrogen and oxygen atoms in total. The molecule has 0 saturated carbocycles. The number of benzene rings is 2. The van der Waals surface area contributed by atoms with Gasteiger partial charge in [-0.3, -0.25) is 0 Å². The van der Waals surface area contributed by atoms with E-state index in [0.29, 0.717) is 0 Å². The van der Waals surface area contributed by atoms with Gasteiger partial charge in [-0.2, -0.15) is 0 Å². The Balaban J connectivity index is 1.62. The molecule has 0 amide bonds. The minimum absolute atomic E-state index is 0.173. The zero-order valence-electron chi connectivity index (χ0n) is 11.5. The average molecular weight is 378 g/mol. The lowest BCUT2D eigenvalue weighted by Gasteiger charge is -2.11. The molecule has 1 atom stereocenters. The molecule has 2 N–H and O–H groups in total. The minimum atomic E-state index is 0.173. The summed E-state index contributed by atoms with van der Waals surface area (Å²) in [7, 11) is 0. The molecule has 0 aliphatic carbocycles. The van der Waals surface area contributed by atoms with Crippen molar-refractivity contribution in [1.82, 2.24) is 0 Å². The van der Waals surface area contributed by atoms with E-state index in [4.69, 9.17) is 5.73 Å². The van der Waals surface area contributed by atoms with E-state index in [1.807, 2.05) is 17.8 Å². The summed E-state index contributed by atoms with van der Waals surface area (Å²) in [6.07, 6.45) is 0.936. The molecule has 0 fully saturated rings. The first-order chi connectivity index (χ1) is 10.2. The van der Waals surface area contributed by atoms with Crippen LogP contribution in [0.3, 0.4) is 0 Å². The van der Waals surface area contributed by atoms with Gasteiger partial charge < -0.3 is 5.73 Å². The monoisotopic (exact) mass is 377 g/mol. The number of thiophene rings is 1. The zero-order chi connectivity index (χ0) is 14.7. The molecule has 4 heteroatoms. The predicted octanol–water partition coefficient (Wildman–Crippen LogP) is 5.33. The van der Waals surface area contributed by atoms with Gasteiger partial charge >= 0.3 is 0 Å². The van der Waals surface area contributed by atoms with Crippen LogP contribution in [0, 0.1) is 0 Å². The van der Waals surface area contributed by atoms with Crippen LogP contribution in [0.25, 0.3) is 10.1 Å². The van der Waals surface area contributed by atoms with E-state index in [1.165, 1.54) is 20.5 Å². The standard InChI is InChI=1S/C17H16BrNS2/c18-13-4-3-5-15(9-13)20-11-14(19)8-12-10-21-17-7-2-1-6-16(12)17/h1-7,9-10,14H,8,11,19H2. The van der Waals surface area contributed by atoms with Crippen molar-refractivity contribution >= 4 is 49.1 Å². The molecular formula is C17H16BrNS2. The molecule has 21 heavy (non-hydrogen) atoms. The molecule has 0 aliphatic rings. The summed E-state index contributed by atoms with van der Waals surface area (Å²) in [5, 5.41) is 3.60. The maximum atomic E-state index is 6.31. The molecule has 0 radical (unpaired) electrons. The summed E-state index contributed by atoms with van der Waals surface area (Å²) in [5.41, 5.74) is 7.69. The summed E-state index contributed by atoms with van der Waals surface area (Å²) in [6.45, 7) is 0. The van der Waals surface area contributed by atoms with Gasteiger partial charge in [0.1, 0.15) is 0 Å². The Hall–Kier alpha value is -0.810. The Morgan fingerprint density at radius 3 is 2.86 bits per heavy atom. The van der Waals surface area contributed by atoms with E-state index < -0.39 is 0 Å². The summed E-state index contributed by atoms with van der Waals surface area (Å²) >= 11 is 7.12. The highest BCUT2D eigenvalue weighted by atomic mass is 79.9. The molecule has 0 spiro atoms. The number of hydrogen-bond donors (Lipinski definition) is 1. The lowest BCUT2D eigenvalue weighted by Crippen LogP contribution is -2.25. The Morgan fingerprint density at radius 1 is 1.14 bits per heavy atom. The van der Waals surface area contributed by atoms with E-state index in [2.05, 4.69) is 63.8 Å². The maximum absolute atomic E-state index is 6.31. The van der Waals surface area contributed by atoms with E-state index in [9.17, 15) is 0 Å². The fourth-order valence-electron chi connectivity index (χ4n) is 2.29. The van der Waals surface area contributed by atoms with Crippen LogP contribution < -0.4 is 5.73 Å². The first-order valence-corrected chi connectivity index (χ1v) is 9.47. The number of hydrogen-bond acceptors (Lipinski definition) is 3. The van der Waals surface area contributed by atoms with Crippen molar-refractivity contribution in [2.24, 2.45) is 5.73 Å². The Kier molecular flexibility index (Phi) is 5.01. The fourth-order valence-corrected chi connectivity index (χ4v) is 4.73. The Bertz CT molecular complexity index is 738. The van der Waals surface area contributed by atoms with E-state index in [-0.39, 0.29) is 6.04 Å². The third-order valence-electron chi connectivity index (χ3n) is 3.30. The van der Waals surface area contributed by atoms with Crippen LogP contribution in [-0.4, -0.2) is 11.8 Å². The molecule has 3 aromatic rings. The molecular weight excluding hydrogens is 362 g/mol. The van der Waals surface area contributed by atoms with Gasteiger partial charge in [-0.05, 0) is 47.0 Å². The van der Waals surface area contributed by atoms with E-state index in [0.717, 1.165) is 16.6 Å². The SMILES string of the molecule is NC(CSc1cccc(Br)c1)Cc1csc2ccccc12. The van der Waals surface area contributed by atoms with Crippen LogP contribution in [0.2, 0.25) is 0 Å². The first kappa shape index (κ1) is 15.1. The minimum Gasteiger partial charge on any atom is -0.327 e. The van der Waals surface area contributed by atoms with Crippen LogP contribution >= 0.6 is 39.0 Å². The largest absolute Gasteiger partial charge is 0.327 e. The van der Waals surface area contributed by atoms with Crippen LogP contribution in [0.5, 0.6) is 0 Å². The quantitative estimate of drug-likeness (QED) is 0.608. The smallest absolute Gasteiger partial charge is 0.0345 e. The van der Waals surface area contributed by atoms with Gasteiger partial charge in [-0.25, -0.2) is 0 Å². The molecule has 1 heterocycles. The Morgan fingerprint density at radius 2 is 2.00 bits per heavy atom. The van der Waals surface area contributed by atoms with Crippen LogP contribution in [0.15, 0.2) is 63.3 Å². The predicted molar refractivity (Wildman–Crippen MR) is 98.4 cm³/mol. The van der Waals surface area contributed by atoms with Crippen LogP contribution in [-0.2, 0) is 6.42 Å². The lowest BCUT2D eigenvalue weighted by molar-refractivity contribution is 0.754. The van der Waals surface area contributed by atoms with Gasteiger partial charge in [0, 0.05) is 25.9 Å². The summed E-state index contributed by atoms with van der Waals surface area (Å²) in [6, 6.07) is 17.1. The molecule has 0 bridgehead atoms. The van der Waals surface area contributed by atoms with Crippen molar-refractivity contribution in [1.29, 1.82) is 0 Å². The summed E-state index contributed by atoms with van der Waals surface area (Å²) in [5.74, 6) is 0.931. The lowest BCUT2D eigenvalue weighted by atomic mass is 10.1. The number of rotatable bonds is 5. The average Bonchev–Trinajstić information content (AvgIpc) is 2.89. The fraction of sp³-hybridized carbons (Fsp3) is 0.176. The second kappa shape index (κ2) is 6.97. The third-order valence-corrected chi connectivity index (χ3v) is 5.99. The highest BCUT2D eigenvalue weighted by Crippen LogP contribution is 2.28. The second-order valence-corrected chi connectivity index (χ2v) is 7.91. The van der Waals surface area contributed by atoms with Gasteiger partial charge in [-0.1, -0.05) is 40.2 Å². The third kappa shape index (κ3) is 3.89. The zero-order valence-corrected chi connectivity index (χ0v) is 14.7. The van der Waals surface area contributed by atoms with Gasteiger partial charge in [-0.15, -0.1) is 23.1 Å². The van der Waals surface area contributed by atoms with Crippen molar-refractivity contribution in [2.45, 2.75) is 17.4 Å². The first-order valence-electron chi connectivity index (χ1n) is 6.81. The van der Waals surface area contributed by atoms with Gasteiger partial charge in [0.15, 0.2) is 0 Å². The van der Waals surface area contributed by atoms with Gasteiger partial charge in [0.05, 0.1) is 0 Å². The normalized spacial score (nSPS) is 12.7. The number of thioether (sulfide) groups is 1. The van der Waals surface area contributed by atoms with Crippen LogP contribution in [0.1, 0.15) is 5.56 Å².